The molecule has 0 aromatic carbocycles. The number of pyridine rings is 1. The first-order valence-corrected chi connectivity index (χ1v) is 4.24. The van der Waals surface area contributed by atoms with Crippen LogP contribution in [0.15, 0.2) is 18.3 Å². The second-order valence-electron chi connectivity index (χ2n) is 2.88. The Morgan fingerprint density at radius 2 is 2.25 bits per heavy atom. The Kier molecular flexibility index (Phi) is 2.23. The largest absolute Gasteiger partial charge is 0.369 e. The lowest BCUT2D eigenvalue weighted by Crippen LogP contribution is -2.43. The average Bonchev–Trinajstić information content (AvgIpc) is 2.21. The van der Waals surface area contributed by atoms with Crippen molar-refractivity contribution in [2.75, 3.05) is 31.1 Å². The number of piperazine rings is 1. The number of hydrogen-bond donors (Lipinski definition) is 1. The van der Waals surface area contributed by atoms with Gasteiger partial charge in [-0.2, -0.15) is 0 Å². The molecule has 0 aliphatic carbocycles. The van der Waals surface area contributed by atoms with E-state index < -0.39 is 0 Å². The molecule has 1 aliphatic heterocycles. The van der Waals surface area contributed by atoms with Gasteiger partial charge in [0.05, 0.1) is 6.20 Å². The summed E-state index contributed by atoms with van der Waals surface area (Å²) in [5.74, 6) is 0. The van der Waals surface area contributed by atoms with Crippen molar-refractivity contribution in [3.63, 3.8) is 0 Å². The minimum Gasteiger partial charge on any atom is -0.369 e. The highest BCUT2D eigenvalue weighted by molar-refractivity contribution is 5.44. The van der Waals surface area contributed by atoms with Crippen molar-refractivity contribution in [3.05, 3.63) is 24.5 Å². The molecule has 0 spiro atoms. The summed E-state index contributed by atoms with van der Waals surface area (Å²) in [5.41, 5.74) is 1.23. The normalized spacial score (nSPS) is 17.8. The molecule has 1 fully saturated rings. The van der Waals surface area contributed by atoms with Crippen LogP contribution in [0.1, 0.15) is 0 Å². The second kappa shape index (κ2) is 3.54. The molecular formula is C9H12N3. The average molecular weight is 162 g/mol. The first-order chi connectivity index (χ1) is 5.97. The Labute approximate surface area is 72.4 Å². The molecular weight excluding hydrogens is 150 g/mol. The lowest BCUT2D eigenvalue weighted by Gasteiger charge is -2.29. The maximum Gasteiger partial charge on any atom is 0.0907 e. The molecule has 0 atom stereocenters. The van der Waals surface area contributed by atoms with Crippen molar-refractivity contribution >= 4 is 5.69 Å². The van der Waals surface area contributed by atoms with E-state index in [0.29, 0.717) is 0 Å². The van der Waals surface area contributed by atoms with Crippen LogP contribution in [0.3, 0.4) is 0 Å². The van der Waals surface area contributed by atoms with Crippen molar-refractivity contribution in [3.8, 4) is 0 Å². The van der Waals surface area contributed by atoms with Crippen LogP contribution in [0.5, 0.6) is 0 Å². The summed E-state index contributed by atoms with van der Waals surface area (Å²) in [6.07, 6.45) is 4.64. The van der Waals surface area contributed by atoms with E-state index in [-0.39, 0.29) is 0 Å². The maximum absolute atomic E-state index is 3.87. The Balaban J connectivity index is 2.08. The SMILES string of the molecule is [c]1cc(N2CCNCC2)ccn1. The molecule has 3 nitrogen and oxygen atoms in total. The minimum absolute atomic E-state index is 1.07. The highest BCUT2D eigenvalue weighted by atomic mass is 15.2. The molecule has 0 saturated carbocycles. The molecule has 63 valence electrons. The quantitative estimate of drug-likeness (QED) is 0.643. The van der Waals surface area contributed by atoms with Gasteiger partial charge in [0.2, 0.25) is 0 Å². The molecule has 2 rings (SSSR count). The van der Waals surface area contributed by atoms with Crippen molar-refractivity contribution in [1.82, 2.24) is 10.3 Å². The molecule has 0 unspecified atom stereocenters. The van der Waals surface area contributed by atoms with Gasteiger partial charge in [-0.3, -0.25) is 4.98 Å². The van der Waals surface area contributed by atoms with E-state index >= 15 is 0 Å². The van der Waals surface area contributed by atoms with E-state index in [9.17, 15) is 0 Å². The summed E-state index contributed by atoms with van der Waals surface area (Å²) in [6, 6.07) is 3.97. The van der Waals surface area contributed by atoms with Gasteiger partial charge in [-0.1, -0.05) is 0 Å². The number of nitrogens with zero attached hydrogens (tertiary/aromatic N) is 2. The van der Waals surface area contributed by atoms with Gasteiger partial charge < -0.3 is 10.2 Å². The van der Waals surface area contributed by atoms with E-state index in [2.05, 4.69) is 21.4 Å². The van der Waals surface area contributed by atoms with Gasteiger partial charge >= 0.3 is 0 Å². The second-order valence-corrected chi connectivity index (χ2v) is 2.88. The van der Waals surface area contributed by atoms with Crippen LogP contribution in [-0.2, 0) is 0 Å². The monoisotopic (exact) mass is 162 g/mol. The Morgan fingerprint density at radius 1 is 1.42 bits per heavy atom. The zero-order chi connectivity index (χ0) is 8.23. The van der Waals surface area contributed by atoms with Crippen molar-refractivity contribution in [2.24, 2.45) is 0 Å². The van der Waals surface area contributed by atoms with Crippen LogP contribution in [0.2, 0.25) is 0 Å². The van der Waals surface area contributed by atoms with E-state index in [1.165, 1.54) is 5.69 Å². The number of rotatable bonds is 1. The number of anilines is 1. The van der Waals surface area contributed by atoms with Crippen LogP contribution >= 0.6 is 0 Å². The molecule has 12 heavy (non-hydrogen) atoms. The summed E-state index contributed by atoms with van der Waals surface area (Å²) >= 11 is 0. The molecule has 2 heterocycles. The Hall–Kier alpha value is -1.09. The maximum atomic E-state index is 3.87. The zero-order valence-corrected chi connectivity index (χ0v) is 6.95. The van der Waals surface area contributed by atoms with Gasteiger partial charge in [0.1, 0.15) is 0 Å². The molecule has 1 radical (unpaired) electrons. The highest BCUT2D eigenvalue weighted by Gasteiger charge is 2.08. The number of aromatic nitrogens is 1. The summed E-state index contributed by atoms with van der Waals surface area (Å²) in [4.78, 5) is 6.21. The first-order valence-electron chi connectivity index (χ1n) is 4.24. The molecule has 1 saturated heterocycles. The Bertz CT molecular complexity index is 229. The summed E-state index contributed by atoms with van der Waals surface area (Å²) in [6.45, 7) is 4.31. The van der Waals surface area contributed by atoms with Gasteiger partial charge in [-0.15, -0.1) is 0 Å². The van der Waals surface area contributed by atoms with Crippen LogP contribution in [0.25, 0.3) is 0 Å². The van der Waals surface area contributed by atoms with Gasteiger partial charge in [0, 0.05) is 38.1 Å². The van der Waals surface area contributed by atoms with E-state index in [0.717, 1.165) is 26.2 Å². The fourth-order valence-electron chi connectivity index (χ4n) is 1.43. The van der Waals surface area contributed by atoms with Gasteiger partial charge in [0.25, 0.3) is 0 Å². The van der Waals surface area contributed by atoms with Crippen molar-refractivity contribution in [1.29, 1.82) is 0 Å². The molecule has 1 aliphatic rings. The Morgan fingerprint density at radius 3 is 2.92 bits per heavy atom. The number of hydrogen-bond acceptors (Lipinski definition) is 3. The molecule has 1 aromatic rings. The molecule has 1 N–H and O–H groups in total. The predicted molar refractivity (Wildman–Crippen MR) is 48.2 cm³/mol. The van der Waals surface area contributed by atoms with Gasteiger partial charge in [-0.25, -0.2) is 0 Å². The smallest absolute Gasteiger partial charge is 0.0907 e. The molecule has 3 heteroatoms. The van der Waals surface area contributed by atoms with E-state index in [1.54, 1.807) is 6.20 Å². The molecule has 0 bridgehead atoms. The topological polar surface area (TPSA) is 28.2 Å². The molecule has 0 amide bonds. The first kappa shape index (κ1) is 7.55. The highest BCUT2D eigenvalue weighted by Crippen LogP contribution is 2.11. The standard InChI is InChI=1S/C9H12N3/c1-3-10-4-2-9(1)12-7-5-11-6-8-12/h1-3,11H,5-8H2. The van der Waals surface area contributed by atoms with Crippen LogP contribution in [0.4, 0.5) is 5.69 Å². The van der Waals surface area contributed by atoms with Crippen molar-refractivity contribution < 1.29 is 0 Å². The predicted octanol–water partition coefficient (Wildman–Crippen LogP) is 0.291. The van der Waals surface area contributed by atoms with Crippen LogP contribution in [-0.4, -0.2) is 31.2 Å². The molecule has 1 aromatic heterocycles. The summed E-state index contributed by atoms with van der Waals surface area (Å²) in [5, 5.41) is 3.32. The minimum atomic E-state index is 1.07. The fraction of sp³-hybridized carbons (Fsp3) is 0.444. The summed E-state index contributed by atoms with van der Waals surface area (Å²) in [7, 11) is 0. The fourth-order valence-corrected chi connectivity index (χ4v) is 1.43. The van der Waals surface area contributed by atoms with Crippen LogP contribution < -0.4 is 10.2 Å². The summed E-state index contributed by atoms with van der Waals surface area (Å²) < 4.78 is 0. The lowest BCUT2D eigenvalue weighted by molar-refractivity contribution is 0.589. The lowest BCUT2D eigenvalue weighted by atomic mass is 10.3. The van der Waals surface area contributed by atoms with Crippen LogP contribution in [0, 0.1) is 6.20 Å². The van der Waals surface area contributed by atoms with E-state index in [1.807, 2.05) is 12.1 Å². The van der Waals surface area contributed by atoms with Crippen molar-refractivity contribution in [2.45, 2.75) is 0 Å². The third-order valence-corrected chi connectivity index (χ3v) is 2.09. The van der Waals surface area contributed by atoms with Gasteiger partial charge in [-0.05, 0) is 12.1 Å². The van der Waals surface area contributed by atoms with E-state index in [4.69, 9.17) is 0 Å². The number of nitrogens with one attached hydrogen (secondary N) is 1. The van der Waals surface area contributed by atoms with Gasteiger partial charge in [0.15, 0.2) is 0 Å². The zero-order valence-electron chi connectivity index (χ0n) is 6.95. The third-order valence-electron chi connectivity index (χ3n) is 2.09. The third kappa shape index (κ3) is 1.56.